The average molecular weight is 634 g/mol. The number of amides is 5. The molecule has 5 amide bonds. The van der Waals surface area contributed by atoms with E-state index in [1.807, 2.05) is 0 Å². The second-order valence-corrected chi connectivity index (χ2v) is 12.7. The summed E-state index contributed by atoms with van der Waals surface area (Å²) in [7, 11) is 1.42. The standard InChI is InChI=1S/C32H39N7O7/c1-17(2)38(16-18-6-8-37(9-7-18)32-34-14-19(15-35-32)28(33)41)20-10-21(11-20)46-22-12-23-27(25(13-22)45-3)31(44)39(30(23)43)24-4-5-26(40)36-29(24)42/h12-15,17-18,20-21,24H,4-11,16H2,1-3H3,(H2,33,41)(H,36,40,42)/t20?,21?,24-/m1/s1. The van der Waals surface area contributed by atoms with Crippen LogP contribution in [0.25, 0.3) is 0 Å². The van der Waals surface area contributed by atoms with Crippen LogP contribution in [0.15, 0.2) is 24.5 Å². The maximum absolute atomic E-state index is 13.4. The van der Waals surface area contributed by atoms with Crippen LogP contribution in [0.4, 0.5) is 5.95 Å². The highest BCUT2D eigenvalue weighted by Gasteiger charge is 2.47. The number of fused-ring (bicyclic) bond motifs is 1. The molecule has 244 valence electrons. The molecule has 3 fully saturated rings. The number of rotatable bonds is 10. The number of benzene rings is 1. The molecular weight excluding hydrogens is 594 g/mol. The minimum atomic E-state index is -1.05. The van der Waals surface area contributed by atoms with E-state index in [4.69, 9.17) is 15.2 Å². The summed E-state index contributed by atoms with van der Waals surface area (Å²) in [4.78, 5) is 76.3. The Kier molecular flexibility index (Phi) is 8.64. The van der Waals surface area contributed by atoms with Gasteiger partial charge in [0.25, 0.3) is 17.7 Å². The first kappa shape index (κ1) is 31.4. The third kappa shape index (κ3) is 6.00. The summed E-state index contributed by atoms with van der Waals surface area (Å²) in [5.74, 6) is -1.06. The van der Waals surface area contributed by atoms with Crippen LogP contribution >= 0.6 is 0 Å². The van der Waals surface area contributed by atoms with E-state index < -0.39 is 35.6 Å². The van der Waals surface area contributed by atoms with Crippen LogP contribution in [-0.2, 0) is 9.59 Å². The van der Waals surface area contributed by atoms with Gasteiger partial charge in [0, 0.05) is 69.4 Å². The molecule has 46 heavy (non-hydrogen) atoms. The number of carbonyl (C=O) groups excluding carboxylic acids is 5. The van der Waals surface area contributed by atoms with E-state index in [0.717, 1.165) is 50.2 Å². The molecule has 1 aliphatic carbocycles. The van der Waals surface area contributed by atoms with Crippen molar-refractivity contribution >= 4 is 35.5 Å². The van der Waals surface area contributed by atoms with Crippen LogP contribution in [0, 0.1) is 5.92 Å². The van der Waals surface area contributed by atoms with Crippen molar-refractivity contribution in [2.24, 2.45) is 11.7 Å². The molecule has 4 heterocycles. The Morgan fingerprint density at radius 3 is 2.37 bits per heavy atom. The number of piperidine rings is 2. The molecule has 6 rings (SSSR count). The van der Waals surface area contributed by atoms with E-state index in [-0.39, 0.29) is 35.8 Å². The summed E-state index contributed by atoms with van der Waals surface area (Å²) >= 11 is 0. The molecule has 1 saturated carbocycles. The van der Waals surface area contributed by atoms with Crippen LogP contribution in [0.3, 0.4) is 0 Å². The lowest BCUT2D eigenvalue weighted by Gasteiger charge is -2.46. The molecule has 0 spiro atoms. The van der Waals surface area contributed by atoms with Crippen molar-refractivity contribution in [2.75, 3.05) is 31.6 Å². The number of anilines is 1. The number of aromatic nitrogens is 2. The van der Waals surface area contributed by atoms with Gasteiger partial charge in [0.2, 0.25) is 17.8 Å². The maximum Gasteiger partial charge on any atom is 0.266 e. The van der Waals surface area contributed by atoms with Gasteiger partial charge in [-0.3, -0.25) is 39.1 Å². The van der Waals surface area contributed by atoms with Crippen LogP contribution in [0.1, 0.15) is 83.4 Å². The van der Waals surface area contributed by atoms with Gasteiger partial charge >= 0.3 is 0 Å². The molecule has 2 aromatic rings. The number of hydrogen-bond donors (Lipinski definition) is 2. The fourth-order valence-electron chi connectivity index (χ4n) is 6.87. The van der Waals surface area contributed by atoms with Crippen LogP contribution in [-0.4, -0.2) is 100 Å². The Bertz CT molecular complexity index is 1550. The summed E-state index contributed by atoms with van der Waals surface area (Å²) in [6.45, 7) is 7.07. The van der Waals surface area contributed by atoms with Crippen molar-refractivity contribution in [3.63, 3.8) is 0 Å². The molecule has 2 saturated heterocycles. The molecule has 3 N–H and O–H groups in total. The van der Waals surface area contributed by atoms with Gasteiger partial charge in [0.1, 0.15) is 23.6 Å². The minimum Gasteiger partial charge on any atom is -0.496 e. The van der Waals surface area contributed by atoms with Crippen molar-refractivity contribution < 1.29 is 33.4 Å². The second kappa shape index (κ2) is 12.7. The van der Waals surface area contributed by atoms with Crippen LogP contribution in [0.5, 0.6) is 11.5 Å². The topological polar surface area (TPSA) is 177 Å². The first-order valence-corrected chi connectivity index (χ1v) is 15.8. The molecule has 1 aromatic carbocycles. The molecule has 1 atom stereocenters. The number of nitrogens with zero attached hydrogens (tertiary/aromatic N) is 5. The van der Waals surface area contributed by atoms with Gasteiger partial charge in [-0.2, -0.15) is 0 Å². The molecule has 3 aliphatic heterocycles. The van der Waals surface area contributed by atoms with Crippen molar-refractivity contribution in [1.82, 2.24) is 25.1 Å². The van der Waals surface area contributed by atoms with Crippen molar-refractivity contribution in [1.29, 1.82) is 0 Å². The van der Waals surface area contributed by atoms with Crippen molar-refractivity contribution in [3.05, 3.63) is 41.2 Å². The summed E-state index contributed by atoms with van der Waals surface area (Å²) in [5.41, 5.74) is 5.82. The van der Waals surface area contributed by atoms with Crippen LogP contribution < -0.4 is 25.4 Å². The fourth-order valence-corrected chi connectivity index (χ4v) is 6.87. The monoisotopic (exact) mass is 633 g/mol. The largest absolute Gasteiger partial charge is 0.496 e. The normalized spacial score (nSPS) is 23.5. The van der Waals surface area contributed by atoms with E-state index >= 15 is 0 Å². The summed E-state index contributed by atoms with van der Waals surface area (Å²) in [5, 5.41) is 2.21. The summed E-state index contributed by atoms with van der Waals surface area (Å²) in [6.07, 6.45) is 6.68. The molecule has 14 nitrogen and oxygen atoms in total. The molecule has 14 heteroatoms. The minimum absolute atomic E-state index is 0.0494. The van der Waals surface area contributed by atoms with Crippen molar-refractivity contribution in [3.8, 4) is 11.5 Å². The zero-order valence-corrected chi connectivity index (χ0v) is 26.2. The first-order valence-electron chi connectivity index (χ1n) is 15.8. The highest BCUT2D eigenvalue weighted by atomic mass is 16.5. The predicted molar refractivity (Wildman–Crippen MR) is 164 cm³/mol. The van der Waals surface area contributed by atoms with E-state index in [1.54, 1.807) is 12.1 Å². The Hall–Kier alpha value is -4.59. The highest BCUT2D eigenvalue weighted by Crippen LogP contribution is 2.39. The van der Waals surface area contributed by atoms with Gasteiger partial charge in [-0.05, 0) is 45.1 Å². The molecule has 1 aromatic heterocycles. The van der Waals surface area contributed by atoms with Gasteiger partial charge < -0.3 is 20.1 Å². The summed E-state index contributed by atoms with van der Waals surface area (Å²) in [6, 6.07) is 2.83. The van der Waals surface area contributed by atoms with E-state index in [9.17, 15) is 24.0 Å². The second-order valence-electron chi connectivity index (χ2n) is 12.7. The number of primary amides is 1. The number of carbonyl (C=O) groups is 5. The van der Waals surface area contributed by atoms with Crippen molar-refractivity contribution in [2.45, 2.75) is 76.6 Å². The number of imide groups is 2. The quantitative estimate of drug-likeness (QED) is 0.363. The Balaban J connectivity index is 1.05. The van der Waals surface area contributed by atoms with Crippen LogP contribution in [0.2, 0.25) is 0 Å². The van der Waals surface area contributed by atoms with E-state index in [1.165, 1.54) is 19.5 Å². The number of nitrogens with one attached hydrogen (secondary N) is 1. The maximum atomic E-state index is 13.4. The fraction of sp³-hybridized carbons (Fsp3) is 0.531. The molecule has 0 bridgehead atoms. The third-order valence-corrected chi connectivity index (χ3v) is 9.49. The van der Waals surface area contributed by atoms with E-state index in [0.29, 0.717) is 35.3 Å². The Labute approximate surface area is 266 Å². The third-order valence-electron chi connectivity index (χ3n) is 9.49. The van der Waals surface area contributed by atoms with Gasteiger partial charge in [-0.15, -0.1) is 0 Å². The Morgan fingerprint density at radius 1 is 1.07 bits per heavy atom. The average Bonchev–Trinajstić information content (AvgIpc) is 3.26. The van der Waals surface area contributed by atoms with Gasteiger partial charge in [-0.1, -0.05) is 0 Å². The number of hydrogen-bond acceptors (Lipinski definition) is 11. The first-order chi connectivity index (χ1) is 22.0. The SMILES string of the molecule is COc1cc(OC2CC(N(CC3CCN(c4ncc(C(N)=O)cn4)CC3)C(C)C)C2)cc2c1C(=O)N([C@@H]1CCC(=O)NC1=O)C2=O. The molecule has 0 unspecified atom stereocenters. The molecular formula is C32H39N7O7. The number of methoxy groups -OCH3 is 1. The lowest BCUT2D eigenvalue weighted by atomic mass is 9.85. The highest BCUT2D eigenvalue weighted by molar-refractivity contribution is 6.24. The molecule has 0 radical (unpaired) electrons. The lowest BCUT2D eigenvalue weighted by Crippen LogP contribution is -2.54. The number of ether oxygens (including phenoxy) is 2. The van der Waals surface area contributed by atoms with Gasteiger partial charge in [0.05, 0.1) is 23.8 Å². The predicted octanol–water partition coefficient (Wildman–Crippen LogP) is 1.52. The van der Waals surface area contributed by atoms with Gasteiger partial charge in [0.15, 0.2) is 0 Å². The zero-order valence-electron chi connectivity index (χ0n) is 26.2. The Morgan fingerprint density at radius 2 is 1.76 bits per heavy atom. The molecule has 4 aliphatic rings. The zero-order chi connectivity index (χ0) is 32.7. The smallest absolute Gasteiger partial charge is 0.266 e. The van der Waals surface area contributed by atoms with E-state index in [2.05, 4.69) is 38.9 Å². The van der Waals surface area contributed by atoms with Gasteiger partial charge in [-0.25, -0.2) is 9.97 Å². The lowest BCUT2D eigenvalue weighted by molar-refractivity contribution is -0.136. The number of nitrogens with two attached hydrogens (primary N) is 1. The summed E-state index contributed by atoms with van der Waals surface area (Å²) < 4.78 is 11.8.